The number of piperidine rings is 1. The lowest BCUT2D eigenvalue weighted by atomic mass is 9.97. The van der Waals surface area contributed by atoms with Crippen molar-refractivity contribution in [2.45, 2.75) is 19.4 Å². The van der Waals surface area contributed by atoms with Crippen LogP contribution in [0.15, 0.2) is 24.8 Å². The molecule has 1 N–H and O–H groups in total. The molecule has 0 spiro atoms. The number of hydrogen-bond acceptors (Lipinski definition) is 5. The highest BCUT2D eigenvalue weighted by Crippen LogP contribution is 2.16. The Morgan fingerprint density at radius 2 is 2.39 bits per heavy atom. The maximum atomic E-state index is 12.4. The molecule has 124 valence electrons. The second kappa shape index (κ2) is 7.52. The van der Waals surface area contributed by atoms with Gasteiger partial charge in [-0.15, -0.1) is 0 Å². The third kappa shape index (κ3) is 3.86. The van der Waals surface area contributed by atoms with E-state index in [0.29, 0.717) is 13.2 Å². The van der Waals surface area contributed by atoms with Crippen LogP contribution >= 0.6 is 0 Å². The van der Waals surface area contributed by atoms with Crippen molar-refractivity contribution in [2.75, 3.05) is 33.4 Å². The van der Waals surface area contributed by atoms with Crippen LogP contribution in [0.3, 0.4) is 0 Å². The van der Waals surface area contributed by atoms with Gasteiger partial charge in [-0.2, -0.15) is 0 Å². The monoisotopic (exact) mass is 317 g/mol. The summed E-state index contributed by atoms with van der Waals surface area (Å²) in [6, 6.07) is 0. The molecule has 2 aromatic rings. The zero-order valence-corrected chi connectivity index (χ0v) is 13.4. The number of ether oxygens (including phenoxy) is 1. The summed E-state index contributed by atoms with van der Waals surface area (Å²) in [7, 11) is 1.71. The molecule has 1 aliphatic heterocycles. The van der Waals surface area contributed by atoms with Gasteiger partial charge in [0.25, 0.3) is 0 Å². The molecule has 1 amide bonds. The van der Waals surface area contributed by atoms with Gasteiger partial charge in [0.2, 0.25) is 5.91 Å². The Morgan fingerprint density at radius 1 is 1.48 bits per heavy atom. The molecule has 23 heavy (non-hydrogen) atoms. The molecule has 7 nitrogen and oxygen atoms in total. The molecule has 0 saturated carbocycles. The minimum absolute atomic E-state index is 0.0569. The van der Waals surface area contributed by atoms with Gasteiger partial charge in [0, 0.05) is 32.6 Å². The first kappa shape index (κ1) is 15.9. The normalized spacial score (nSPS) is 19.1. The van der Waals surface area contributed by atoms with Gasteiger partial charge in [-0.25, -0.2) is 4.98 Å². The second-order valence-electron chi connectivity index (χ2n) is 5.90. The van der Waals surface area contributed by atoms with E-state index in [1.807, 2.05) is 10.6 Å². The fourth-order valence-corrected chi connectivity index (χ4v) is 3.04. The summed E-state index contributed by atoms with van der Waals surface area (Å²) in [5.74, 6) is 0.178. The third-order valence-electron chi connectivity index (χ3n) is 4.33. The number of nitrogens with one attached hydrogen (secondary N) is 1. The van der Waals surface area contributed by atoms with Gasteiger partial charge in [-0.3, -0.25) is 14.2 Å². The van der Waals surface area contributed by atoms with Crippen LogP contribution in [0.4, 0.5) is 0 Å². The summed E-state index contributed by atoms with van der Waals surface area (Å²) in [6.45, 7) is 3.95. The van der Waals surface area contributed by atoms with Crippen LogP contribution in [0.2, 0.25) is 0 Å². The number of nitrogens with zero attached hydrogens (tertiary/aromatic N) is 4. The summed E-state index contributed by atoms with van der Waals surface area (Å²) in [6.07, 6.45) is 9.07. The van der Waals surface area contributed by atoms with Crippen LogP contribution in [-0.4, -0.2) is 58.5 Å². The number of aromatic nitrogens is 3. The molecule has 3 heterocycles. The molecule has 1 saturated heterocycles. The second-order valence-corrected chi connectivity index (χ2v) is 5.90. The Labute approximate surface area is 135 Å². The van der Waals surface area contributed by atoms with Gasteiger partial charge in [0.15, 0.2) is 5.65 Å². The van der Waals surface area contributed by atoms with E-state index in [9.17, 15) is 4.79 Å². The van der Waals surface area contributed by atoms with E-state index in [1.54, 1.807) is 25.7 Å². The van der Waals surface area contributed by atoms with Crippen LogP contribution in [0.1, 0.15) is 18.5 Å². The average molecular weight is 317 g/mol. The quantitative estimate of drug-likeness (QED) is 0.849. The number of likely N-dealkylation sites (tertiary alicyclic amines) is 1. The van der Waals surface area contributed by atoms with Crippen molar-refractivity contribution >= 4 is 11.6 Å². The van der Waals surface area contributed by atoms with E-state index < -0.39 is 0 Å². The highest BCUT2D eigenvalue weighted by atomic mass is 16.5. The molecule has 7 heteroatoms. The van der Waals surface area contributed by atoms with Crippen molar-refractivity contribution in [3.8, 4) is 0 Å². The SMILES string of the molecule is COCCN1CCCC(C(=O)NCc2cnc3cnccn23)C1. The van der Waals surface area contributed by atoms with Gasteiger partial charge < -0.3 is 15.0 Å². The van der Waals surface area contributed by atoms with E-state index in [0.717, 1.165) is 43.8 Å². The van der Waals surface area contributed by atoms with Crippen LogP contribution < -0.4 is 5.32 Å². The number of fused-ring (bicyclic) bond motifs is 1. The summed E-state index contributed by atoms with van der Waals surface area (Å²) in [5.41, 5.74) is 1.75. The largest absolute Gasteiger partial charge is 0.383 e. The lowest BCUT2D eigenvalue weighted by molar-refractivity contribution is -0.127. The Balaban J connectivity index is 1.54. The number of rotatable bonds is 6. The Bertz CT molecular complexity index is 657. The maximum Gasteiger partial charge on any atom is 0.224 e. The van der Waals surface area contributed by atoms with E-state index >= 15 is 0 Å². The summed E-state index contributed by atoms with van der Waals surface area (Å²) >= 11 is 0. The molecule has 1 atom stereocenters. The van der Waals surface area contributed by atoms with E-state index in [1.165, 1.54) is 0 Å². The highest BCUT2D eigenvalue weighted by Gasteiger charge is 2.25. The number of methoxy groups -OCH3 is 1. The number of carbonyl (C=O) groups excluding carboxylic acids is 1. The zero-order valence-electron chi connectivity index (χ0n) is 13.4. The smallest absolute Gasteiger partial charge is 0.224 e. The number of hydrogen-bond donors (Lipinski definition) is 1. The fourth-order valence-electron chi connectivity index (χ4n) is 3.04. The number of imidazole rings is 1. The van der Waals surface area contributed by atoms with E-state index in [4.69, 9.17) is 4.74 Å². The lowest BCUT2D eigenvalue weighted by Crippen LogP contribution is -2.43. The van der Waals surface area contributed by atoms with Gasteiger partial charge in [-0.1, -0.05) is 0 Å². The molecule has 2 aromatic heterocycles. The van der Waals surface area contributed by atoms with Crippen molar-refractivity contribution in [1.29, 1.82) is 0 Å². The van der Waals surface area contributed by atoms with Crippen LogP contribution in [0.25, 0.3) is 5.65 Å². The molecular weight excluding hydrogens is 294 g/mol. The molecule has 0 aliphatic carbocycles. The molecule has 0 radical (unpaired) electrons. The number of carbonyl (C=O) groups is 1. The minimum atomic E-state index is 0.0569. The van der Waals surface area contributed by atoms with Crippen molar-refractivity contribution in [1.82, 2.24) is 24.6 Å². The maximum absolute atomic E-state index is 12.4. The Hall–Kier alpha value is -1.99. The lowest BCUT2D eigenvalue weighted by Gasteiger charge is -2.31. The number of amides is 1. The van der Waals surface area contributed by atoms with Crippen molar-refractivity contribution in [3.63, 3.8) is 0 Å². The summed E-state index contributed by atoms with van der Waals surface area (Å²) in [4.78, 5) is 23.1. The summed E-state index contributed by atoms with van der Waals surface area (Å²) < 4.78 is 7.06. The molecular formula is C16H23N5O2. The standard InChI is InChI=1S/C16H23N5O2/c1-23-8-7-20-5-2-3-13(12-20)16(22)19-10-14-9-18-15-11-17-4-6-21(14)15/h4,6,9,11,13H,2-3,5,7-8,10,12H2,1H3,(H,19,22). The van der Waals surface area contributed by atoms with Crippen LogP contribution in [0, 0.1) is 5.92 Å². The molecule has 1 unspecified atom stereocenters. The van der Waals surface area contributed by atoms with E-state index in [-0.39, 0.29) is 11.8 Å². The summed E-state index contributed by atoms with van der Waals surface area (Å²) in [5, 5.41) is 3.05. The van der Waals surface area contributed by atoms with Crippen molar-refractivity contribution in [3.05, 3.63) is 30.5 Å². The topological polar surface area (TPSA) is 71.8 Å². The van der Waals surface area contributed by atoms with E-state index in [2.05, 4.69) is 20.2 Å². The average Bonchev–Trinajstić information content (AvgIpc) is 3.01. The Morgan fingerprint density at radius 3 is 3.26 bits per heavy atom. The third-order valence-corrected chi connectivity index (χ3v) is 4.33. The highest BCUT2D eigenvalue weighted by molar-refractivity contribution is 5.78. The molecule has 1 aliphatic rings. The minimum Gasteiger partial charge on any atom is -0.383 e. The molecule has 0 aromatic carbocycles. The first-order valence-corrected chi connectivity index (χ1v) is 8.03. The van der Waals surface area contributed by atoms with Gasteiger partial charge >= 0.3 is 0 Å². The first-order valence-electron chi connectivity index (χ1n) is 8.03. The fraction of sp³-hybridized carbons (Fsp3) is 0.562. The predicted molar refractivity (Wildman–Crippen MR) is 85.9 cm³/mol. The molecule has 3 rings (SSSR count). The Kier molecular flexibility index (Phi) is 5.19. The zero-order chi connectivity index (χ0) is 16.1. The predicted octanol–water partition coefficient (Wildman–Crippen LogP) is 0.704. The van der Waals surface area contributed by atoms with Gasteiger partial charge in [-0.05, 0) is 19.4 Å². The molecule has 1 fully saturated rings. The van der Waals surface area contributed by atoms with Crippen molar-refractivity contribution < 1.29 is 9.53 Å². The van der Waals surface area contributed by atoms with Crippen LogP contribution in [-0.2, 0) is 16.1 Å². The van der Waals surface area contributed by atoms with Gasteiger partial charge in [0.05, 0.1) is 37.2 Å². The van der Waals surface area contributed by atoms with Crippen LogP contribution in [0.5, 0.6) is 0 Å². The van der Waals surface area contributed by atoms with Gasteiger partial charge in [0.1, 0.15) is 0 Å². The molecule has 0 bridgehead atoms. The van der Waals surface area contributed by atoms with Crippen molar-refractivity contribution in [2.24, 2.45) is 5.92 Å². The first-order chi connectivity index (χ1) is 11.3.